The van der Waals surface area contributed by atoms with Crippen molar-refractivity contribution >= 4 is 58.4 Å². The highest BCUT2D eigenvalue weighted by Crippen LogP contribution is 2.35. The SMILES string of the molecule is C=c1c(C(=O)NCCNc2ccc(C(=O)Nc3ccc(OC)cc3N)cn2)c(C)[nH]c1=CN=Nc1c(O)[nH]c2ccc(F)cc12. The second kappa shape index (κ2) is 13.0. The lowest BCUT2D eigenvalue weighted by Crippen LogP contribution is -2.34. The van der Waals surface area contributed by atoms with Crippen molar-refractivity contribution < 1.29 is 23.8 Å². The predicted octanol–water partition coefficient (Wildman–Crippen LogP) is 3.66. The van der Waals surface area contributed by atoms with Crippen LogP contribution in [0.4, 0.5) is 27.3 Å². The number of methoxy groups -OCH3 is 1. The van der Waals surface area contributed by atoms with E-state index in [0.29, 0.717) is 67.8 Å². The summed E-state index contributed by atoms with van der Waals surface area (Å²) in [5, 5.41) is 28.1. The van der Waals surface area contributed by atoms with Gasteiger partial charge in [-0.2, -0.15) is 5.11 Å². The Morgan fingerprint density at radius 3 is 2.69 bits per heavy atom. The summed E-state index contributed by atoms with van der Waals surface area (Å²) in [6, 6.07) is 12.2. The predicted molar refractivity (Wildman–Crippen MR) is 170 cm³/mol. The average Bonchev–Trinajstić information content (AvgIpc) is 3.49. The lowest BCUT2D eigenvalue weighted by atomic mass is 10.2. The molecule has 0 aliphatic heterocycles. The first kappa shape index (κ1) is 30.3. The molecule has 13 nitrogen and oxygen atoms in total. The number of anilines is 3. The fraction of sp³-hybridized carbons (Fsp3) is 0.129. The quantitative estimate of drug-likeness (QED) is 0.0711. The van der Waals surface area contributed by atoms with E-state index in [1.54, 1.807) is 37.3 Å². The summed E-state index contributed by atoms with van der Waals surface area (Å²) < 4.78 is 18.8. The number of fused-ring (bicyclic) bond motifs is 1. The fourth-order valence-corrected chi connectivity index (χ4v) is 4.56. The third-order valence-corrected chi connectivity index (χ3v) is 6.86. The lowest BCUT2D eigenvalue weighted by molar-refractivity contribution is 0.0953. The van der Waals surface area contributed by atoms with Crippen molar-refractivity contribution in [1.29, 1.82) is 0 Å². The van der Waals surface area contributed by atoms with Gasteiger partial charge in [0, 0.05) is 41.7 Å². The van der Waals surface area contributed by atoms with E-state index in [4.69, 9.17) is 10.5 Å². The Morgan fingerprint density at radius 2 is 1.96 bits per heavy atom. The molecule has 45 heavy (non-hydrogen) atoms. The number of carbonyl (C=O) groups is 2. The van der Waals surface area contributed by atoms with E-state index in [1.807, 2.05) is 0 Å². The molecule has 5 rings (SSSR count). The Bertz CT molecular complexity index is 2030. The molecule has 8 N–H and O–H groups in total. The largest absolute Gasteiger partial charge is 0.497 e. The number of aryl methyl sites for hydroxylation is 1. The van der Waals surface area contributed by atoms with E-state index in [9.17, 15) is 19.1 Å². The van der Waals surface area contributed by atoms with Gasteiger partial charge in [-0.15, -0.1) is 5.11 Å². The summed E-state index contributed by atoms with van der Waals surface area (Å²) in [4.78, 5) is 35.5. The molecule has 2 amide bonds. The van der Waals surface area contributed by atoms with Crippen molar-refractivity contribution in [3.8, 4) is 11.6 Å². The molecule has 0 radical (unpaired) electrons. The number of halogens is 1. The van der Waals surface area contributed by atoms with Gasteiger partial charge in [0.1, 0.15) is 17.4 Å². The Balaban J connectivity index is 1.15. The molecule has 0 saturated heterocycles. The smallest absolute Gasteiger partial charge is 0.257 e. The number of aromatic amines is 2. The first-order valence-electron chi connectivity index (χ1n) is 13.7. The molecule has 14 heteroatoms. The number of benzene rings is 2. The second-order valence-electron chi connectivity index (χ2n) is 9.90. The first-order chi connectivity index (χ1) is 21.6. The molecule has 0 atom stereocenters. The molecule has 3 aromatic heterocycles. The van der Waals surface area contributed by atoms with Gasteiger partial charge in [-0.25, -0.2) is 9.37 Å². The maximum absolute atomic E-state index is 13.7. The maximum atomic E-state index is 13.7. The van der Waals surface area contributed by atoms with Gasteiger partial charge in [-0.05, 0) is 49.4 Å². The Labute approximate surface area is 255 Å². The lowest BCUT2D eigenvalue weighted by Gasteiger charge is -2.10. The molecule has 0 spiro atoms. The highest BCUT2D eigenvalue weighted by molar-refractivity contribution is 6.05. The number of amides is 2. The topological polar surface area (TPSA) is 195 Å². The monoisotopic (exact) mass is 611 g/mol. The van der Waals surface area contributed by atoms with Crippen LogP contribution in [0.3, 0.4) is 0 Å². The van der Waals surface area contributed by atoms with Crippen LogP contribution in [-0.4, -0.2) is 52.1 Å². The van der Waals surface area contributed by atoms with Crippen molar-refractivity contribution in [3.05, 3.63) is 87.9 Å². The number of nitrogens with one attached hydrogen (secondary N) is 5. The second-order valence-corrected chi connectivity index (χ2v) is 9.90. The van der Waals surface area contributed by atoms with E-state index < -0.39 is 5.82 Å². The number of aromatic nitrogens is 3. The fourth-order valence-electron chi connectivity index (χ4n) is 4.56. The number of nitrogens with zero attached hydrogens (tertiary/aromatic N) is 3. The minimum Gasteiger partial charge on any atom is -0.497 e. The van der Waals surface area contributed by atoms with Crippen molar-refractivity contribution in [2.45, 2.75) is 6.92 Å². The number of azo groups is 1. The average molecular weight is 612 g/mol. The Morgan fingerprint density at radius 1 is 1.13 bits per heavy atom. The zero-order valence-electron chi connectivity index (χ0n) is 24.4. The van der Waals surface area contributed by atoms with Gasteiger partial charge < -0.3 is 41.5 Å². The number of pyridine rings is 1. The highest BCUT2D eigenvalue weighted by atomic mass is 19.1. The minimum absolute atomic E-state index is 0.0891. The number of rotatable bonds is 10. The molecule has 0 aliphatic rings. The van der Waals surface area contributed by atoms with E-state index in [0.717, 1.165) is 0 Å². The van der Waals surface area contributed by atoms with Crippen molar-refractivity contribution in [3.63, 3.8) is 0 Å². The van der Waals surface area contributed by atoms with Crippen LogP contribution >= 0.6 is 0 Å². The van der Waals surface area contributed by atoms with Gasteiger partial charge in [-0.3, -0.25) is 9.59 Å². The summed E-state index contributed by atoms with van der Waals surface area (Å²) in [7, 11) is 1.53. The standard InChI is InChI=1S/C31H30FN9O4/c1-16-25(15-37-41-28-21-12-19(32)5-7-23(21)39-31(28)44)38-17(2)27(16)30(43)35-11-10-34-26-9-4-18(14-36-26)29(42)40-24-8-6-20(45-3)13-22(24)33/h4-9,12-15,38-39,44H,1,10-11,33H2,2-3H3,(H,34,36)(H,35,43)(H,40,42). The van der Waals surface area contributed by atoms with Crippen molar-refractivity contribution in [2.24, 2.45) is 10.2 Å². The van der Waals surface area contributed by atoms with Gasteiger partial charge in [0.05, 0.1) is 46.7 Å². The normalized spacial score (nSPS) is 11.7. The number of nitrogen functional groups attached to an aromatic ring is 1. The molecule has 0 bridgehead atoms. The van der Waals surface area contributed by atoms with E-state index >= 15 is 0 Å². The zero-order valence-corrected chi connectivity index (χ0v) is 24.4. The van der Waals surface area contributed by atoms with E-state index in [2.05, 4.69) is 47.7 Å². The van der Waals surface area contributed by atoms with Crippen LogP contribution in [-0.2, 0) is 0 Å². The molecule has 2 aromatic carbocycles. The summed E-state index contributed by atoms with van der Waals surface area (Å²) in [5.74, 6) is -0.319. The number of ether oxygens (including phenoxy) is 1. The Hall–Kier alpha value is -6.18. The molecule has 0 aliphatic carbocycles. The third kappa shape index (κ3) is 6.74. The number of hydrogen-bond acceptors (Lipinski definition) is 9. The van der Waals surface area contributed by atoms with Crippen LogP contribution in [0, 0.1) is 12.7 Å². The minimum atomic E-state index is -0.473. The van der Waals surface area contributed by atoms with Crippen molar-refractivity contribution in [2.75, 3.05) is 36.6 Å². The molecule has 0 fully saturated rings. The van der Waals surface area contributed by atoms with Crippen LogP contribution < -0.4 is 37.0 Å². The number of nitrogens with two attached hydrogens (primary N) is 1. The molecule has 3 heterocycles. The van der Waals surface area contributed by atoms with Crippen LogP contribution in [0.5, 0.6) is 11.6 Å². The van der Waals surface area contributed by atoms with Crippen LogP contribution in [0.15, 0.2) is 65.0 Å². The highest BCUT2D eigenvalue weighted by Gasteiger charge is 2.14. The number of carbonyl (C=O) groups excluding carboxylic acids is 2. The van der Waals surface area contributed by atoms with Crippen LogP contribution in [0.1, 0.15) is 26.4 Å². The summed E-state index contributed by atoms with van der Waals surface area (Å²) in [6.45, 7) is 6.37. The van der Waals surface area contributed by atoms with Crippen LogP contribution in [0.2, 0.25) is 0 Å². The molecular formula is C31H30FN9O4. The van der Waals surface area contributed by atoms with E-state index in [-0.39, 0.29) is 29.9 Å². The van der Waals surface area contributed by atoms with Crippen molar-refractivity contribution in [1.82, 2.24) is 20.3 Å². The molecule has 5 aromatic rings. The first-order valence-corrected chi connectivity index (χ1v) is 13.7. The van der Waals surface area contributed by atoms with E-state index in [1.165, 1.54) is 37.7 Å². The summed E-state index contributed by atoms with van der Waals surface area (Å²) >= 11 is 0. The van der Waals surface area contributed by atoms with Gasteiger partial charge >= 0.3 is 0 Å². The maximum Gasteiger partial charge on any atom is 0.257 e. The molecular weight excluding hydrogens is 581 g/mol. The summed E-state index contributed by atoms with van der Waals surface area (Å²) in [6.07, 6.45) is 2.80. The number of H-pyrrole nitrogens is 2. The molecule has 230 valence electrons. The molecule has 0 unspecified atom stereocenters. The van der Waals surface area contributed by atoms with Gasteiger partial charge in [0.2, 0.25) is 5.88 Å². The van der Waals surface area contributed by atoms with Crippen LogP contribution in [0.25, 0.3) is 23.7 Å². The van der Waals surface area contributed by atoms with Gasteiger partial charge in [0.25, 0.3) is 11.8 Å². The molecule has 0 saturated carbocycles. The van der Waals surface area contributed by atoms with Gasteiger partial charge in [-0.1, -0.05) is 6.58 Å². The summed E-state index contributed by atoms with van der Waals surface area (Å²) in [5.41, 5.74) is 8.68. The Kier molecular flexibility index (Phi) is 8.74. The number of hydrogen-bond donors (Lipinski definition) is 7. The third-order valence-electron chi connectivity index (χ3n) is 6.86. The zero-order chi connectivity index (χ0) is 32.1. The van der Waals surface area contributed by atoms with Gasteiger partial charge in [0.15, 0.2) is 5.69 Å². The number of aromatic hydroxyl groups is 1.